The summed E-state index contributed by atoms with van der Waals surface area (Å²) in [5.41, 5.74) is 0.987. The SMILES string of the molecule is CCSc1cc(C(F)(F)F)ccc1-c1ncc(/C=C/I)n1C. The third-order valence-corrected chi connectivity index (χ3v) is 4.40. The van der Waals surface area contributed by atoms with E-state index in [0.29, 0.717) is 16.5 Å². The molecule has 0 saturated heterocycles. The minimum atomic E-state index is -4.33. The molecule has 0 saturated carbocycles. The smallest absolute Gasteiger partial charge is 0.328 e. The van der Waals surface area contributed by atoms with E-state index >= 15 is 0 Å². The van der Waals surface area contributed by atoms with Gasteiger partial charge in [0.15, 0.2) is 0 Å². The molecule has 0 N–H and O–H groups in total. The van der Waals surface area contributed by atoms with Crippen LogP contribution in [0, 0.1) is 0 Å². The molecule has 0 radical (unpaired) electrons. The van der Waals surface area contributed by atoms with Crippen LogP contribution in [0.1, 0.15) is 18.2 Å². The lowest BCUT2D eigenvalue weighted by Gasteiger charge is -2.13. The topological polar surface area (TPSA) is 17.8 Å². The van der Waals surface area contributed by atoms with Crippen LogP contribution in [0.3, 0.4) is 0 Å². The van der Waals surface area contributed by atoms with E-state index in [9.17, 15) is 13.2 Å². The average molecular weight is 438 g/mol. The molecular weight excluding hydrogens is 424 g/mol. The Labute approximate surface area is 145 Å². The molecule has 7 heteroatoms. The lowest BCUT2D eigenvalue weighted by molar-refractivity contribution is -0.137. The number of hydrogen-bond donors (Lipinski definition) is 0. The molecule has 22 heavy (non-hydrogen) atoms. The van der Waals surface area contributed by atoms with E-state index in [0.717, 1.165) is 17.3 Å². The first-order valence-electron chi connectivity index (χ1n) is 6.51. The number of hydrogen-bond acceptors (Lipinski definition) is 2. The summed E-state index contributed by atoms with van der Waals surface area (Å²) in [5.74, 6) is 1.35. The van der Waals surface area contributed by atoms with Crippen molar-refractivity contribution in [1.82, 2.24) is 9.55 Å². The van der Waals surface area contributed by atoms with Gasteiger partial charge in [0.1, 0.15) is 5.82 Å². The van der Waals surface area contributed by atoms with Crippen molar-refractivity contribution in [1.29, 1.82) is 0 Å². The standard InChI is InChI=1S/C15H14F3IN2S/c1-3-22-13-8-10(15(16,17)18)4-5-12(13)14-20-9-11(6-7-19)21(14)2/h4-9H,3H2,1-2H3/b7-6+. The molecule has 1 aromatic heterocycles. The van der Waals surface area contributed by atoms with Crippen LogP contribution in [0.4, 0.5) is 13.2 Å². The summed E-state index contributed by atoms with van der Waals surface area (Å²) < 4.78 is 42.4. The highest BCUT2D eigenvalue weighted by molar-refractivity contribution is 14.1. The normalized spacial score (nSPS) is 12.3. The van der Waals surface area contributed by atoms with E-state index in [1.54, 1.807) is 6.20 Å². The van der Waals surface area contributed by atoms with Crippen LogP contribution in [-0.2, 0) is 13.2 Å². The fourth-order valence-electron chi connectivity index (χ4n) is 2.05. The van der Waals surface area contributed by atoms with Crippen molar-refractivity contribution in [2.45, 2.75) is 18.0 Å². The maximum absolute atomic E-state index is 12.9. The van der Waals surface area contributed by atoms with Gasteiger partial charge in [0.05, 0.1) is 17.5 Å². The first-order valence-corrected chi connectivity index (χ1v) is 8.74. The predicted molar refractivity (Wildman–Crippen MR) is 93.1 cm³/mol. The summed E-state index contributed by atoms with van der Waals surface area (Å²) >= 11 is 3.50. The van der Waals surface area contributed by atoms with Crippen LogP contribution in [0.25, 0.3) is 17.5 Å². The molecule has 0 aliphatic heterocycles. The third-order valence-electron chi connectivity index (χ3n) is 3.11. The van der Waals surface area contributed by atoms with E-state index in [1.165, 1.54) is 23.9 Å². The number of halogens is 4. The minimum Gasteiger partial charge on any atom is -0.328 e. The Kier molecular flexibility index (Phi) is 5.60. The highest BCUT2D eigenvalue weighted by Gasteiger charge is 2.31. The molecule has 0 amide bonds. The van der Waals surface area contributed by atoms with Crippen LogP contribution >= 0.6 is 34.4 Å². The van der Waals surface area contributed by atoms with Crippen LogP contribution in [-0.4, -0.2) is 15.3 Å². The minimum absolute atomic E-state index is 0.594. The molecule has 0 atom stereocenters. The van der Waals surface area contributed by atoms with Crippen molar-refractivity contribution in [3.8, 4) is 11.4 Å². The molecule has 1 aromatic carbocycles. The van der Waals surface area contributed by atoms with Crippen LogP contribution in [0.5, 0.6) is 0 Å². The van der Waals surface area contributed by atoms with Crippen molar-refractivity contribution < 1.29 is 13.2 Å². The maximum Gasteiger partial charge on any atom is 0.416 e. The van der Waals surface area contributed by atoms with Gasteiger partial charge in [0.2, 0.25) is 0 Å². The van der Waals surface area contributed by atoms with Gasteiger partial charge in [-0.15, -0.1) is 11.8 Å². The number of thioether (sulfide) groups is 1. The van der Waals surface area contributed by atoms with Gasteiger partial charge in [0, 0.05) is 17.5 Å². The second-order valence-corrected chi connectivity index (χ2v) is 6.53. The first-order chi connectivity index (χ1) is 10.4. The maximum atomic E-state index is 12.9. The van der Waals surface area contributed by atoms with Gasteiger partial charge in [-0.05, 0) is 34.1 Å². The number of alkyl halides is 3. The van der Waals surface area contributed by atoms with Crippen molar-refractivity contribution in [3.05, 3.63) is 39.7 Å². The number of aromatic nitrogens is 2. The summed E-state index contributed by atoms with van der Waals surface area (Å²) in [6.45, 7) is 1.91. The van der Waals surface area contributed by atoms with Crippen molar-refractivity contribution in [2.24, 2.45) is 7.05 Å². The van der Waals surface area contributed by atoms with E-state index in [-0.39, 0.29) is 0 Å². The molecule has 0 fully saturated rings. The summed E-state index contributed by atoms with van der Waals surface area (Å²) in [6, 6.07) is 3.81. The zero-order valence-electron chi connectivity index (χ0n) is 12.0. The molecular formula is C15H14F3IN2S. The highest BCUT2D eigenvalue weighted by Crippen LogP contribution is 2.37. The molecule has 2 rings (SSSR count). The number of nitrogens with zero attached hydrogens (tertiary/aromatic N) is 2. The number of rotatable bonds is 4. The van der Waals surface area contributed by atoms with Crippen molar-refractivity contribution >= 4 is 40.4 Å². The lowest BCUT2D eigenvalue weighted by Crippen LogP contribution is -2.05. The molecule has 0 spiro atoms. The van der Waals surface area contributed by atoms with Crippen molar-refractivity contribution in [3.63, 3.8) is 0 Å². The van der Waals surface area contributed by atoms with E-state index < -0.39 is 11.7 Å². The molecule has 2 nitrogen and oxygen atoms in total. The van der Waals surface area contributed by atoms with Crippen molar-refractivity contribution in [2.75, 3.05) is 5.75 Å². The molecule has 0 aliphatic rings. The predicted octanol–water partition coefficient (Wildman–Crippen LogP) is 5.62. The Morgan fingerprint density at radius 3 is 2.68 bits per heavy atom. The average Bonchev–Trinajstić information content (AvgIpc) is 2.80. The van der Waals surface area contributed by atoms with Crippen LogP contribution in [0.2, 0.25) is 0 Å². The Morgan fingerprint density at radius 2 is 2.09 bits per heavy atom. The van der Waals surface area contributed by atoms with Gasteiger partial charge in [-0.25, -0.2) is 4.98 Å². The lowest BCUT2D eigenvalue weighted by atomic mass is 10.1. The second-order valence-electron chi connectivity index (χ2n) is 4.50. The molecule has 1 heterocycles. The van der Waals surface area contributed by atoms with E-state index in [4.69, 9.17) is 0 Å². The quantitative estimate of drug-likeness (QED) is 0.456. The largest absolute Gasteiger partial charge is 0.416 e. The molecule has 2 aromatic rings. The summed E-state index contributed by atoms with van der Waals surface area (Å²) in [5, 5.41) is 0. The number of imidazole rings is 1. The monoisotopic (exact) mass is 438 g/mol. The van der Waals surface area contributed by atoms with Crippen LogP contribution < -0.4 is 0 Å². The van der Waals surface area contributed by atoms with Gasteiger partial charge in [-0.1, -0.05) is 29.5 Å². The van der Waals surface area contributed by atoms with Gasteiger partial charge in [-0.3, -0.25) is 0 Å². The summed E-state index contributed by atoms with van der Waals surface area (Å²) in [6.07, 6.45) is -0.728. The Hall–Kier alpha value is -0.960. The zero-order chi connectivity index (χ0) is 16.3. The van der Waals surface area contributed by atoms with E-state index in [2.05, 4.69) is 27.6 Å². The third kappa shape index (κ3) is 3.68. The van der Waals surface area contributed by atoms with E-state index in [1.807, 2.05) is 28.7 Å². The fraction of sp³-hybridized carbons (Fsp3) is 0.267. The van der Waals surface area contributed by atoms with Gasteiger partial charge >= 0.3 is 6.18 Å². The van der Waals surface area contributed by atoms with Crippen LogP contribution in [0.15, 0.2) is 33.4 Å². The van der Waals surface area contributed by atoms with Gasteiger partial charge in [-0.2, -0.15) is 13.2 Å². The molecule has 0 unspecified atom stereocenters. The molecule has 0 aliphatic carbocycles. The second kappa shape index (κ2) is 7.08. The molecule has 0 bridgehead atoms. The Bertz CT molecular complexity index is 693. The first kappa shape index (κ1) is 17.4. The highest BCUT2D eigenvalue weighted by atomic mass is 127. The Balaban J connectivity index is 2.55. The Morgan fingerprint density at radius 1 is 1.36 bits per heavy atom. The van der Waals surface area contributed by atoms with Gasteiger partial charge < -0.3 is 4.57 Å². The zero-order valence-corrected chi connectivity index (χ0v) is 15.0. The molecule has 118 valence electrons. The fourth-order valence-corrected chi connectivity index (χ4v) is 3.26. The number of benzene rings is 1. The van der Waals surface area contributed by atoms with Gasteiger partial charge in [0.25, 0.3) is 0 Å². The summed E-state index contributed by atoms with van der Waals surface area (Å²) in [7, 11) is 1.85. The summed E-state index contributed by atoms with van der Waals surface area (Å²) in [4.78, 5) is 4.95.